The number of hydrogen-bond donors (Lipinski definition) is 0. The van der Waals surface area contributed by atoms with E-state index in [1.165, 1.54) is 116 Å². The molecule has 1 atom stereocenters. The average Bonchev–Trinajstić information content (AvgIpc) is 2.56. The summed E-state index contributed by atoms with van der Waals surface area (Å²) in [7, 11) is 7.04. The molecule has 152 valence electrons. The van der Waals surface area contributed by atoms with Gasteiger partial charge < -0.3 is 4.48 Å². The fourth-order valence-corrected chi connectivity index (χ4v) is 4.07. The molecule has 1 heteroatoms. The second-order valence-electron chi connectivity index (χ2n) is 9.27. The number of unbranched alkanes of at least 4 members (excludes halogenated alkanes) is 15. The minimum Gasteiger partial charge on any atom is -0.328 e. The predicted molar refractivity (Wildman–Crippen MR) is 116 cm³/mol. The highest BCUT2D eigenvalue weighted by Crippen LogP contribution is 2.17. The van der Waals surface area contributed by atoms with Gasteiger partial charge in [-0.15, -0.1) is 0 Å². The molecule has 0 aliphatic rings. The van der Waals surface area contributed by atoms with Crippen molar-refractivity contribution in [1.82, 2.24) is 0 Å². The molecule has 0 bridgehead atoms. The highest BCUT2D eigenvalue weighted by atomic mass is 15.3. The number of quaternary nitrogens is 1. The van der Waals surface area contributed by atoms with Crippen LogP contribution in [0.2, 0.25) is 0 Å². The topological polar surface area (TPSA) is 0 Å². The zero-order valence-corrected chi connectivity index (χ0v) is 18.8. The van der Waals surface area contributed by atoms with E-state index in [1.54, 1.807) is 0 Å². The third-order valence-electron chi connectivity index (χ3n) is 5.96. The molecule has 0 aliphatic carbocycles. The van der Waals surface area contributed by atoms with Gasteiger partial charge in [0.25, 0.3) is 0 Å². The van der Waals surface area contributed by atoms with Crippen molar-refractivity contribution >= 4 is 0 Å². The van der Waals surface area contributed by atoms with Crippen LogP contribution < -0.4 is 0 Å². The number of rotatable bonds is 19. The Kier molecular flexibility index (Phi) is 17.3. The summed E-state index contributed by atoms with van der Waals surface area (Å²) in [5, 5.41) is 0. The summed E-state index contributed by atoms with van der Waals surface area (Å²) in [6.45, 7) is 4.65. The zero-order chi connectivity index (χ0) is 18.8. The summed E-state index contributed by atoms with van der Waals surface area (Å²) in [5.74, 6) is 0. The van der Waals surface area contributed by atoms with Crippen molar-refractivity contribution in [1.29, 1.82) is 0 Å². The quantitative estimate of drug-likeness (QED) is 0.162. The van der Waals surface area contributed by atoms with Crippen LogP contribution in [0.1, 0.15) is 129 Å². The van der Waals surface area contributed by atoms with Crippen LogP contribution in [-0.4, -0.2) is 31.7 Å². The second kappa shape index (κ2) is 17.4. The van der Waals surface area contributed by atoms with E-state index < -0.39 is 0 Å². The lowest BCUT2D eigenvalue weighted by atomic mass is 10.0. The van der Waals surface area contributed by atoms with Crippen LogP contribution in [0, 0.1) is 0 Å². The first-order valence-electron chi connectivity index (χ1n) is 11.8. The van der Waals surface area contributed by atoms with E-state index in [-0.39, 0.29) is 0 Å². The molecule has 0 fully saturated rings. The summed E-state index contributed by atoms with van der Waals surface area (Å²) in [5.41, 5.74) is 0. The highest BCUT2D eigenvalue weighted by Gasteiger charge is 2.20. The summed E-state index contributed by atoms with van der Waals surface area (Å²) >= 11 is 0. The predicted octanol–water partition coefficient (Wildman–Crippen LogP) is 8.12. The largest absolute Gasteiger partial charge is 0.328 e. The van der Waals surface area contributed by atoms with Gasteiger partial charge in [0.1, 0.15) is 0 Å². The van der Waals surface area contributed by atoms with Crippen LogP contribution in [0.15, 0.2) is 0 Å². The van der Waals surface area contributed by atoms with Crippen molar-refractivity contribution in [2.45, 2.75) is 135 Å². The molecule has 0 amide bonds. The van der Waals surface area contributed by atoms with E-state index in [1.807, 2.05) is 0 Å². The normalized spacial score (nSPS) is 13.3. The van der Waals surface area contributed by atoms with Crippen molar-refractivity contribution in [3.05, 3.63) is 0 Å². The van der Waals surface area contributed by atoms with Gasteiger partial charge in [-0.1, -0.05) is 110 Å². The molecule has 0 heterocycles. The molecule has 0 aromatic carbocycles. The molecule has 25 heavy (non-hydrogen) atoms. The van der Waals surface area contributed by atoms with Crippen LogP contribution in [0.4, 0.5) is 0 Å². The fourth-order valence-electron chi connectivity index (χ4n) is 4.07. The van der Waals surface area contributed by atoms with Crippen molar-refractivity contribution in [3.63, 3.8) is 0 Å². The highest BCUT2D eigenvalue weighted by molar-refractivity contribution is 4.56. The van der Waals surface area contributed by atoms with Crippen LogP contribution in [0.25, 0.3) is 0 Å². The molecule has 1 nitrogen and oxygen atoms in total. The summed E-state index contributed by atoms with van der Waals surface area (Å²) < 4.78 is 1.13. The first-order chi connectivity index (χ1) is 12.0. The van der Waals surface area contributed by atoms with Crippen molar-refractivity contribution < 1.29 is 4.48 Å². The van der Waals surface area contributed by atoms with Crippen LogP contribution in [-0.2, 0) is 0 Å². The molecule has 0 aromatic rings. The standard InChI is InChI=1S/C24H52N/c1-6-8-9-10-11-12-13-14-15-16-17-18-19-20-21-22-23-24(7-2)25(3,4)5/h24H,6-23H2,1-5H3/q+1. The molecule has 0 saturated carbocycles. The van der Waals surface area contributed by atoms with Gasteiger partial charge in [-0.25, -0.2) is 0 Å². The molecule has 0 aromatic heterocycles. The lowest BCUT2D eigenvalue weighted by Gasteiger charge is -2.33. The van der Waals surface area contributed by atoms with E-state index in [0.717, 1.165) is 10.5 Å². The smallest absolute Gasteiger partial charge is 0.0881 e. The Morgan fingerprint density at radius 3 is 1.08 bits per heavy atom. The van der Waals surface area contributed by atoms with Crippen molar-refractivity contribution in [2.75, 3.05) is 21.1 Å². The SMILES string of the molecule is CCCCCCCCCCCCCCCCCCC(CC)[N+](C)(C)C. The zero-order valence-electron chi connectivity index (χ0n) is 18.8. The van der Waals surface area contributed by atoms with Gasteiger partial charge in [0.05, 0.1) is 27.2 Å². The van der Waals surface area contributed by atoms with E-state index in [9.17, 15) is 0 Å². The number of nitrogens with zero attached hydrogens (tertiary/aromatic N) is 1. The molecule has 0 N–H and O–H groups in total. The summed E-state index contributed by atoms with van der Waals surface area (Å²) in [6, 6.07) is 0.853. The van der Waals surface area contributed by atoms with Gasteiger partial charge in [0.15, 0.2) is 0 Å². The Hall–Kier alpha value is -0.0400. The van der Waals surface area contributed by atoms with Gasteiger partial charge in [0, 0.05) is 0 Å². The van der Waals surface area contributed by atoms with Crippen molar-refractivity contribution in [2.24, 2.45) is 0 Å². The first-order valence-corrected chi connectivity index (χ1v) is 11.8. The minimum atomic E-state index is 0.853. The van der Waals surface area contributed by atoms with E-state index in [2.05, 4.69) is 35.0 Å². The minimum absolute atomic E-state index is 0.853. The second-order valence-corrected chi connectivity index (χ2v) is 9.27. The molecular weight excluding hydrogens is 302 g/mol. The first kappa shape index (κ1) is 25.0. The van der Waals surface area contributed by atoms with Crippen LogP contribution in [0.3, 0.4) is 0 Å². The Morgan fingerprint density at radius 2 is 0.800 bits per heavy atom. The van der Waals surface area contributed by atoms with Crippen molar-refractivity contribution in [3.8, 4) is 0 Å². The third kappa shape index (κ3) is 17.1. The number of hydrogen-bond acceptors (Lipinski definition) is 0. The lowest BCUT2D eigenvalue weighted by molar-refractivity contribution is -0.896. The summed E-state index contributed by atoms with van der Waals surface area (Å²) in [4.78, 5) is 0. The van der Waals surface area contributed by atoms with E-state index in [4.69, 9.17) is 0 Å². The molecular formula is C24H52N+. The van der Waals surface area contributed by atoms with E-state index in [0.29, 0.717) is 0 Å². The maximum atomic E-state index is 2.35. The molecule has 0 rings (SSSR count). The fraction of sp³-hybridized carbons (Fsp3) is 1.00. The van der Waals surface area contributed by atoms with Crippen LogP contribution >= 0.6 is 0 Å². The Balaban J connectivity index is 3.19. The lowest BCUT2D eigenvalue weighted by Crippen LogP contribution is -2.44. The molecule has 1 unspecified atom stereocenters. The van der Waals surface area contributed by atoms with Gasteiger partial charge >= 0.3 is 0 Å². The molecule has 0 aliphatic heterocycles. The van der Waals surface area contributed by atoms with Gasteiger partial charge in [-0.05, 0) is 19.3 Å². The maximum Gasteiger partial charge on any atom is 0.0881 e. The Labute approximate surface area is 161 Å². The maximum absolute atomic E-state index is 2.35. The Morgan fingerprint density at radius 1 is 0.480 bits per heavy atom. The monoisotopic (exact) mass is 354 g/mol. The van der Waals surface area contributed by atoms with Crippen LogP contribution in [0.5, 0.6) is 0 Å². The summed E-state index contributed by atoms with van der Waals surface area (Å²) in [6.07, 6.45) is 26.2. The molecule has 0 radical (unpaired) electrons. The molecule has 0 saturated heterocycles. The van der Waals surface area contributed by atoms with Gasteiger partial charge in [-0.2, -0.15) is 0 Å². The average molecular weight is 355 g/mol. The third-order valence-corrected chi connectivity index (χ3v) is 5.96. The van der Waals surface area contributed by atoms with Gasteiger partial charge in [-0.3, -0.25) is 0 Å². The molecule has 0 spiro atoms. The van der Waals surface area contributed by atoms with E-state index >= 15 is 0 Å². The Bertz CT molecular complexity index is 253. The van der Waals surface area contributed by atoms with Gasteiger partial charge in [0.2, 0.25) is 0 Å².